The summed E-state index contributed by atoms with van der Waals surface area (Å²) in [4.78, 5) is 33.7. The lowest BCUT2D eigenvalue weighted by Gasteiger charge is -2.13. The average molecular weight is 278 g/mol. The van der Waals surface area contributed by atoms with E-state index < -0.39 is 30.2 Å². The molecule has 1 aromatic carbocycles. The molecule has 7 heteroatoms. The van der Waals surface area contributed by atoms with Gasteiger partial charge in [0.15, 0.2) is 0 Å². The third kappa shape index (κ3) is 3.12. The van der Waals surface area contributed by atoms with Gasteiger partial charge in [0, 0.05) is 5.56 Å². The molecule has 1 aliphatic heterocycles. The number of hydrogen-bond acceptors (Lipinski definition) is 4. The van der Waals surface area contributed by atoms with Crippen LogP contribution in [0, 0.1) is 0 Å². The van der Waals surface area contributed by atoms with E-state index in [4.69, 9.17) is 15.6 Å². The zero-order chi connectivity index (χ0) is 14.7. The molecule has 1 aromatic rings. The molecule has 1 aliphatic rings. The number of rotatable bonds is 5. The highest BCUT2D eigenvalue weighted by Crippen LogP contribution is 2.20. The minimum Gasteiger partial charge on any atom is -0.480 e. The summed E-state index contributed by atoms with van der Waals surface area (Å²) >= 11 is 0. The van der Waals surface area contributed by atoms with Crippen molar-refractivity contribution in [1.82, 2.24) is 5.32 Å². The molecule has 1 unspecified atom stereocenters. The van der Waals surface area contributed by atoms with Crippen LogP contribution in [0.15, 0.2) is 18.2 Å². The van der Waals surface area contributed by atoms with E-state index in [-0.39, 0.29) is 0 Å². The van der Waals surface area contributed by atoms with Crippen LogP contribution in [0.25, 0.3) is 0 Å². The number of nitrogens with one attached hydrogen (secondary N) is 1. The van der Waals surface area contributed by atoms with Gasteiger partial charge in [0.25, 0.3) is 5.91 Å². The van der Waals surface area contributed by atoms with Crippen molar-refractivity contribution in [2.45, 2.75) is 25.7 Å². The van der Waals surface area contributed by atoms with Gasteiger partial charge in [-0.05, 0) is 23.3 Å². The first-order valence-corrected chi connectivity index (χ1v) is 5.99. The number of hydrogen-bond donors (Lipinski definition) is 3. The molecule has 2 amide bonds. The Hall–Kier alpha value is -2.41. The summed E-state index contributed by atoms with van der Waals surface area (Å²) in [6.45, 7) is 0.941. The standard InChI is InChI=1S/C13H14N2O5/c14-11(16)4-10(13(18)19)15-12(17)7-1-2-8-5-20-6-9(8)3-7/h1-3,10H,4-6H2,(H2,14,16)(H,15,17)(H,18,19). The summed E-state index contributed by atoms with van der Waals surface area (Å²) in [6, 6.07) is 3.68. The molecule has 106 valence electrons. The zero-order valence-electron chi connectivity index (χ0n) is 10.6. The lowest BCUT2D eigenvalue weighted by Crippen LogP contribution is -2.43. The van der Waals surface area contributed by atoms with Gasteiger partial charge in [-0.2, -0.15) is 0 Å². The smallest absolute Gasteiger partial charge is 0.326 e. The van der Waals surface area contributed by atoms with Crippen molar-refractivity contribution in [2.75, 3.05) is 0 Å². The molecule has 1 heterocycles. The van der Waals surface area contributed by atoms with E-state index in [1.807, 2.05) is 0 Å². The highest BCUT2D eigenvalue weighted by Gasteiger charge is 2.23. The molecule has 0 radical (unpaired) electrons. The van der Waals surface area contributed by atoms with Crippen LogP contribution in [0.3, 0.4) is 0 Å². The Bertz CT molecular complexity index is 570. The minimum absolute atomic E-state index is 0.324. The van der Waals surface area contributed by atoms with Gasteiger partial charge in [0.2, 0.25) is 5.91 Å². The summed E-state index contributed by atoms with van der Waals surface area (Å²) in [5, 5.41) is 11.2. The van der Waals surface area contributed by atoms with Crippen molar-refractivity contribution in [3.8, 4) is 0 Å². The zero-order valence-corrected chi connectivity index (χ0v) is 10.6. The molecule has 0 saturated heterocycles. The number of aliphatic carboxylic acids is 1. The van der Waals surface area contributed by atoms with E-state index >= 15 is 0 Å². The number of carboxylic acid groups (broad SMARTS) is 1. The maximum absolute atomic E-state index is 12.0. The van der Waals surface area contributed by atoms with Gasteiger partial charge in [-0.3, -0.25) is 9.59 Å². The third-order valence-corrected chi connectivity index (χ3v) is 2.99. The SMILES string of the molecule is NC(=O)CC(NC(=O)c1ccc2c(c1)COC2)C(=O)O. The second-order valence-electron chi connectivity index (χ2n) is 4.51. The summed E-state index contributed by atoms with van der Waals surface area (Å²) < 4.78 is 5.23. The number of fused-ring (bicyclic) bond motifs is 1. The van der Waals surface area contributed by atoms with E-state index in [0.717, 1.165) is 11.1 Å². The highest BCUT2D eigenvalue weighted by molar-refractivity contribution is 5.97. The number of carbonyl (C=O) groups excluding carboxylic acids is 2. The Balaban J connectivity index is 2.10. The molecular weight excluding hydrogens is 264 g/mol. The van der Waals surface area contributed by atoms with Crippen molar-refractivity contribution in [2.24, 2.45) is 5.73 Å². The van der Waals surface area contributed by atoms with Crippen LogP contribution in [0.5, 0.6) is 0 Å². The maximum atomic E-state index is 12.0. The number of amides is 2. The van der Waals surface area contributed by atoms with E-state index in [9.17, 15) is 14.4 Å². The highest BCUT2D eigenvalue weighted by atomic mass is 16.5. The number of carboxylic acids is 1. The van der Waals surface area contributed by atoms with Crippen molar-refractivity contribution >= 4 is 17.8 Å². The molecule has 7 nitrogen and oxygen atoms in total. The van der Waals surface area contributed by atoms with Gasteiger partial charge >= 0.3 is 5.97 Å². The monoisotopic (exact) mass is 278 g/mol. The molecule has 0 aromatic heterocycles. The largest absolute Gasteiger partial charge is 0.480 e. The summed E-state index contributed by atoms with van der Waals surface area (Å²) in [7, 11) is 0. The van der Waals surface area contributed by atoms with E-state index in [0.29, 0.717) is 18.8 Å². The van der Waals surface area contributed by atoms with Crippen molar-refractivity contribution < 1.29 is 24.2 Å². The first-order chi connectivity index (χ1) is 9.47. The van der Waals surface area contributed by atoms with Crippen LogP contribution in [0.2, 0.25) is 0 Å². The lowest BCUT2D eigenvalue weighted by molar-refractivity contribution is -0.140. The fourth-order valence-electron chi connectivity index (χ4n) is 1.96. The average Bonchev–Trinajstić information content (AvgIpc) is 2.84. The van der Waals surface area contributed by atoms with Crippen LogP contribution < -0.4 is 11.1 Å². The molecule has 4 N–H and O–H groups in total. The first-order valence-electron chi connectivity index (χ1n) is 5.99. The molecular formula is C13H14N2O5. The molecule has 0 aliphatic carbocycles. The quantitative estimate of drug-likeness (QED) is 0.687. The summed E-state index contributed by atoms with van der Waals surface area (Å²) in [5.74, 6) is -2.66. The predicted molar refractivity (Wildman–Crippen MR) is 67.6 cm³/mol. The third-order valence-electron chi connectivity index (χ3n) is 2.99. The number of nitrogens with two attached hydrogens (primary N) is 1. The van der Waals surface area contributed by atoms with Crippen LogP contribution in [0.1, 0.15) is 27.9 Å². The number of carbonyl (C=O) groups is 3. The Morgan fingerprint density at radius 2 is 2.00 bits per heavy atom. The number of primary amides is 1. The van der Waals surface area contributed by atoms with Crippen LogP contribution in [0.4, 0.5) is 0 Å². The van der Waals surface area contributed by atoms with Gasteiger partial charge in [0.1, 0.15) is 6.04 Å². The number of benzene rings is 1. The van der Waals surface area contributed by atoms with Gasteiger partial charge < -0.3 is 20.9 Å². The Labute approximate surface area is 114 Å². The van der Waals surface area contributed by atoms with E-state index in [1.54, 1.807) is 18.2 Å². The first kappa shape index (κ1) is 14.0. The molecule has 20 heavy (non-hydrogen) atoms. The maximum Gasteiger partial charge on any atom is 0.326 e. The molecule has 0 bridgehead atoms. The second kappa shape index (κ2) is 5.70. The van der Waals surface area contributed by atoms with Gasteiger partial charge in [-0.25, -0.2) is 4.79 Å². The Morgan fingerprint density at radius 1 is 1.30 bits per heavy atom. The molecule has 2 rings (SSSR count). The lowest BCUT2D eigenvalue weighted by atomic mass is 10.1. The topological polar surface area (TPSA) is 119 Å². The fraction of sp³-hybridized carbons (Fsp3) is 0.308. The van der Waals surface area contributed by atoms with E-state index in [2.05, 4.69) is 5.32 Å². The molecule has 1 atom stereocenters. The van der Waals surface area contributed by atoms with Crippen LogP contribution >= 0.6 is 0 Å². The summed E-state index contributed by atoms with van der Waals surface area (Å²) in [5.41, 5.74) is 7.18. The fourth-order valence-corrected chi connectivity index (χ4v) is 1.96. The van der Waals surface area contributed by atoms with Crippen molar-refractivity contribution in [3.63, 3.8) is 0 Å². The van der Waals surface area contributed by atoms with Gasteiger partial charge in [-0.1, -0.05) is 6.07 Å². The second-order valence-corrected chi connectivity index (χ2v) is 4.51. The Kier molecular flexibility index (Phi) is 3.99. The molecule has 0 saturated carbocycles. The van der Waals surface area contributed by atoms with Crippen molar-refractivity contribution in [1.29, 1.82) is 0 Å². The number of ether oxygens (including phenoxy) is 1. The molecule has 0 fully saturated rings. The summed E-state index contributed by atoms with van der Waals surface area (Å²) in [6.07, 6.45) is -0.449. The van der Waals surface area contributed by atoms with Gasteiger partial charge in [0.05, 0.1) is 19.6 Å². The minimum atomic E-state index is -1.33. The van der Waals surface area contributed by atoms with Crippen LogP contribution in [-0.2, 0) is 27.5 Å². The van der Waals surface area contributed by atoms with Crippen LogP contribution in [-0.4, -0.2) is 28.9 Å². The predicted octanol–water partition coefficient (Wildman–Crippen LogP) is -0.225. The van der Waals surface area contributed by atoms with Gasteiger partial charge in [-0.15, -0.1) is 0 Å². The van der Waals surface area contributed by atoms with Crippen molar-refractivity contribution in [3.05, 3.63) is 34.9 Å². The molecule has 0 spiro atoms. The Morgan fingerprint density at radius 3 is 2.65 bits per heavy atom. The normalized spacial score (nSPS) is 14.4. The van der Waals surface area contributed by atoms with E-state index in [1.165, 1.54) is 0 Å².